The molecule has 0 aliphatic carbocycles. The first kappa shape index (κ1) is 18.4. The Balaban J connectivity index is 1.96. The molecule has 3 aromatic rings. The van der Waals surface area contributed by atoms with Gasteiger partial charge in [-0.1, -0.05) is 18.2 Å². The van der Waals surface area contributed by atoms with Crippen molar-refractivity contribution >= 4 is 28.4 Å². The third-order valence-electron chi connectivity index (χ3n) is 4.35. The number of aromatic nitrogens is 1. The molecule has 6 heteroatoms. The van der Waals surface area contributed by atoms with Crippen molar-refractivity contribution in [1.82, 2.24) is 9.88 Å². The molecule has 0 atom stereocenters. The Hall–Kier alpha value is -3.41. The van der Waals surface area contributed by atoms with E-state index in [4.69, 9.17) is 4.74 Å². The second-order valence-electron chi connectivity index (χ2n) is 6.36. The van der Waals surface area contributed by atoms with Crippen molar-refractivity contribution in [2.75, 3.05) is 26.5 Å². The lowest BCUT2D eigenvalue weighted by molar-refractivity contribution is 0.0826. The minimum Gasteiger partial charge on any atom is -0.496 e. The second-order valence-corrected chi connectivity index (χ2v) is 6.36. The fourth-order valence-corrected chi connectivity index (χ4v) is 2.86. The van der Waals surface area contributed by atoms with Crippen molar-refractivity contribution in [2.24, 2.45) is 0 Å². The summed E-state index contributed by atoms with van der Waals surface area (Å²) in [5.74, 6) is 0.102. The lowest BCUT2D eigenvalue weighted by Gasteiger charge is -2.15. The smallest absolute Gasteiger partial charge is 0.274 e. The highest BCUT2D eigenvalue weighted by Gasteiger charge is 2.17. The summed E-state index contributed by atoms with van der Waals surface area (Å²) in [5.41, 5.74) is 2.74. The maximum atomic E-state index is 12.8. The second kappa shape index (κ2) is 7.45. The lowest BCUT2D eigenvalue weighted by atomic mass is 10.1. The number of carbonyl (C=O) groups is 2. The van der Waals surface area contributed by atoms with Gasteiger partial charge in [0.15, 0.2) is 0 Å². The van der Waals surface area contributed by atoms with Crippen molar-refractivity contribution in [3.63, 3.8) is 0 Å². The molecule has 0 fully saturated rings. The van der Waals surface area contributed by atoms with Gasteiger partial charge in [-0.25, -0.2) is 4.98 Å². The van der Waals surface area contributed by atoms with Crippen LogP contribution in [0.5, 0.6) is 5.75 Å². The van der Waals surface area contributed by atoms with E-state index in [9.17, 15) is 9.59 Å². The average Bonchev–Trinajstić information content (AvgIpc) is 2.68. The molecule has 2 amide bonds. The number of pyridine rings is 1. The van der Waals surface area contributed by atoms with Crippen LogP contribution in [-0.2, 0) is 0 Å². The zero-order valence-electron chi connectivity index (χ0n) is 15.7. The van der Waals surface area contributed by atoms with Crippen molar-refractivity contribution < 1.29 is 14.3 Å². The van der Waals surface area contributed by atoms with Crippen molar-refractivity contribution in [3.05, 3.63) is 65.4 Å². The Morgan fingerprint density at radius 2 is 1.81 bits per heavy atom. The normalized spacial score (nSPS) is 10.5. The largest absolute Gasteiger partial charge is 0.496 e. The molecule has 138 valence electrons. The van der Waals surface area contributed by atoms with Gasteiger partial charge in [0.05, 0.1) is 12.6 Å². The number of methoxy groups -OCH3 is 1. The molecule has 1 aromatic heterocycles. The number of amides is 2. The fourth-order valence-electron chi connectivity index (χ4n) is 2.86. The molecule has 27 heavy (non-hydrogen) atoms. The first-order chi connectivity index (χ1) is 12.9. The molecule has 1 N–H and O–H groups in total. The quantitative estimate of drug-likeness (QED) is 0.770. The van der Waals surface area contributed by atoms with Gasteiger partial charge in [-0.3, -0.25) is 9.59 Å². The van der Waals surface area contributed by atoms with Gasteiger partial charge in [-0.05, 0) is 36.8 Å². The predicted octanol–water partition coefficient (Wildman–Crippen LogP) is 3.51. The Morgan fingerprint density at radius 3 is 2.52 bits per heavy atom. The summed E-state index contributed by atoms with van der Waals surface area (Å²) in [6.07, 6.45) is 0. The number of rotatable bonds is 4. The third kappa shape index (κ3) is 3.60. The minimum atomic E-state index is -0.364. The van der Waals surface area contributed by atoms with E-state index < -0.39 is 0 Å². The van der Waals surface area contributed by atoms with Crippen LogP contribution in [0, 0.1) is 6.92 Å². The summed E-state index contributed by atoms with van der Waals surface area (Å²) in [5, 5.41) is 3.69. The number of anilines is 1. The van der Waals surface area contributed by atoms with E-state index in [0.717, 1.165) is 5.39 Å². The molecular formula is C21H21N3O3. The molecule has 0 radical (unpaired) electrons. The molecular weight excluding hydrogens is 342 g/mol. The number of para-hydroxylation sites is 1. The Labute approximate surface area is 157 Å². The molecule has 0 bridgehead atoms. The number of nitrogens with one attached hydrogen (secondary N) is 1. The maximum Gasteiger partial charge on any atom is 0.274 e. The fraction of sp³-hybridized carbons (Fsp3) is 0.190. The van der Waals surface area contributed by atoms with Gasteiger partial charge in [-0.15, -0.1) is 0 Å². The Bertz CT molecular complexity index is 1030. The van der Waals surface area contributed by atoms with Crippen LogP contribution in [0.4, 0.5) is 5.69 Å². The molecule has 0 saturated heterocycles. The standard InChI is InChI=1S/C21H21N3O3/c1-13-14(21(26)24(2)3)9-7-11-16(13)23-20(25)18-12-19(27-4)15-8-5-6-10-17(15)22-18/h5-12H,1-4H3,(H,23,25). The molecule has 0 aliphatic rings. The number of fused-ring (bicyclic) bond motifs is 1. The van der Waals surface area contributed by atoms with Crippen LogP contribution in [0.3, 0.4) is 0 Å². The van der Waals surface area contributed by atoms with Crippen LogP contribution in [0.15, 0.2) is 48.5 Å². The van der Waals surface area contributed by atoms with E-state index in [1.807, 2.05) is 24.3 Å². The van der Waals surface area contributed by atoms with Gasteiger partial charge in [0, 0.05) is 36.8 Å². The van der Waals surface area contributed by atoms with Crippen LogP contribution in [-0.4, -0.2) is 42.9 Å². The summed E-state index contributed by atoms with van der Waals surface area (Å²) >= 11 is 0. The van der Waals surface area contributed by atoms with Gasteiger partial charge in [0.1, 0.15) is 11.4 Å². The van der Waals surface area contributed by atoms with Gasteiger partial charge >= 0.3 is 0 Å². The van der Waals surface area contributed by atoms with Gasteiger partial charge in [0.2, 0.25) is 0 Å². The predicted molar refractivity (Wildman–Crippen MR) is 105 cm³/mol. The number of hydrogen-bond donors (Lipinski definition) is 1. The molecule has 0 aliphatic heterocycles. The van der Waals surface area contributed by atoms with E-state index in [1.54, 1.807) is 52.4 Å². The molecule has 0 spiro atoms. The molecule has 2 aromatic carbocycles. The summed E-state index contributed by atoms with van der Waals surface area (Å²) in [4.78, 5) is 31.0. The summed E-state index contributed by atoms with van der Waals surface area (Å²) in [7, 11) is 4.94. The SMILES string of the molecule is COc1cc(C(=O)Nc2cccc(C(=O)N(C)C)c2C)nc2ccccc12. The zero-order valence-corrected chi connectivity index (χ0v) is 15.7. The van der Waals surface area contributed by atoms with Crippen LogP contribution in [0.1, 0.15) is 26.4 Å². The van der Waals surface area contributed by atoms with E-state index in [2.05, 4.69) is 10.3 Å². The summed E-state index contributed by atoms with van der Waals surface area (Å²) < 4.78 is 5.40. The number of benzene rings is 2. The number of ether oxygens (including phenoxy) is 1. The first-order valence-electron chi connectivity index (χ1n) is 8.48. The van der Waals surface area contributed by atoms with Gasteiger partial charge < -0.3 is 15.0 Å². The zero-order chi connectivity index (χ0) is 19.6. The number of nitrogens with zero attached hydrogens (tertiary/aromatic N) is 2. The van der Waals surface area contributed by atoms with Crippen molar-refractivity contribution in [3.8, 4) is 5.75 Å². The summed E-state index contributed by atoms with van der Waals surface area (Å²) in [6.45, 7) is 1.81. The van der Waals surface area contributed by atoms with Gasteiger partial charge in [-0.2, -0.15) is 0 Å². The molecule has 3 rings (SSSR count). The maximum absolute atomic E-state index is 12.8. The number of hydrogen-bond acceptors (Lipinski definition) is 4. The van der Waals surface area contributed by atoms with E-state index in [1.165, 1.54) is 4.90 Å². The first-order valence-corrected chi connectivity index (χ1v) is 8.48. The van der Waals surface area contributed by atoms with Crippen molar-refractivity contribution in [1.29, 1.82) is 0 Å². The molecule has 6 nitrogen and oxygen atoms in total. The van der Waals surface area contributed by atoms with Crippen LogP contribution in [0.25, 0.3) is 10.9 Å². The van der Waals surface area contributed by atoms with E-state index in [-0.39, 0.29) is 17.5 Å². The summed E-state index contributed by atoms with van der Waals surface area (Å²) in [6, 6.07) is 14.3. The molecule has 0 unspecified atom stereocenters. The van der Waals surface area contributed by atoms with Crippen LogP contribution < -0.4 is 10.1 Å². The lowest BCUT2D eigenvalue weighted by Crippen LogP contribution is -2.23. The molecule has 1 heterocycles. The molecule has 0 saturated carbocycles. The monoisotopic (exact) mass is 363 g/mol. The van der Waals surface area contributed by atoms with Crippen LogP contribution in [0.2, 0.25) is 0 Å². The van der Waals surface area contributed by atoms with E-state index in [0.29, 0.717) is 28.1 Å². The minimum absolute atomic E-state index is 0.117. The van der Waals surface area contributed by atoms with Gasteiger partial charge in [0.25, 0.3) is 11.8 Å². The topological polar surface area (TPSA) is 71.5 Å². The average molecular weight is 363 g/mol. The highest BCUT2D eigenvalue weighted by molar-refractivity contribution is 6.06. The number of carbonyl (C=O) groups excluding carboxylic acids is 2. The van der Waals surface area contributed by atoms with E-state index >= 15 is 0 Å². The van der Waals surface area contributed by atoms with Crippen molar-refractivity contribution in [2.45, 2.75) is 6.92 Å². The highest BCUT2D eigenvalue weighted by Crippen LogP contribution is 2.26. The third-order valence-corrected chi connectivity index (χ3v) is 4.35. The van der Waals surface area contributed by atoms with Crippen LogP contribution >= 0.6 is 0 Å². The highest BCUT2D eigenvalue weighted by atomic mass is 16.5. The Morgan fingerprint density at radius 1 is 1.07 bits per heavy atom. The Kier molecular flexibility index (Phi) is 5.07.